The van der Waals surface area contributed by atoms with E-state index in [0.29, 0.717) is 0 Å². The summed E-state index contributed by atoms with van der Waals surface area (Å²) in [6, 6.07) is 0. The van der Waals surface area contributed by atoms with E-state index in [2.05, 4.69) is 27.7 Å². The summed E-state index contributed by atoms with van der Waals surface area (Å²) in [6.07, 6.45) is 70.7. The molecule has 0 rings (SSSR count). The van der Waals surface area contributed by atoms with Crippen LogP contribution in [-0.2, 0) is 0 Å². The van der Waals surface area contributed by atoms with E-state index >= 15 is 0 Å². The fraction of sp³-hybridized carbons (Fsp3) is 1.00. The first-order chi connectivity index (χ1) is 28.2. The molecule has 58 heavy (non-hydrogen) atoms. The van der Waals surface area contributed by atoms with Crippen LogP contribution in [0.3, 0.4) is 0 Å². The lowest BCUT2D eigenvalue weighted by molar-refractivity contribution is -0.929. The van der Waals surface area contributed by atoms with Crippen LogP contribution in [0.2, 0.25) is 0 Å². The molecule has 2 heteroatoms. The Hall–Kier alpha value is 0.250. The Morgan fingerprint density at radius 2 is 0.259 bits per heavy atom. The SMILES string of the molecule is CCCCCCCCCCCCCCCCCC[N+](CCCCCCCCCC)(CCCCCCCCCC)CCCCCCCCCCCCCCCCCC.[Cl-]. The van der Waals surface area contributed by atoms with Crippen LogP contribution in [0.15, 0.2) is 0 Å². The van der Waals surface area contributed by atoms with Crippen molar-refractivity contribution >= 4 is 0 Å². The average Bonchev–Trinajstić information content (AvgIpc) is 3.22. The van der Waals surface area contributed by atoms with E-state index < -0.39 is 0 Å². The van der Waals surface area contributed by atoms with Crippen LogP contribution in [0.4, 0.5) is 0 Å². The van der Waals surface area contributed by atoms with Crippen LogP contribution in [-0.4, -0.2) is 30.7 Å². The lowest BCUT2D eigenvalue weighted by atomic mass is 10.0. The van der Waals surface area contributed by atoms with Gasteiger partial charge in [-0.2, -0.15) is 0 Å². The molecule has 0 aromatic rings. The summed E-state index contributed by atoms with van der Waals surface area (Å²) in [6.45, 7) is 15.3. The summed E-state index contributed by atoms with van der Waals surface area (Å²) in [5, 5.41) is 0. The van der Waals surface area contributed by atoms with Crippen LogP contribution < -0.4 is 12.4 Å². The second-order valence-electron chi connectivity index (χ2n) is 19.8. The first-order valence-corrected chi connectivity index (χ1v) is 28.1. The van der Waals surface area contributed by atoms with Gasteiger partial charge in [0.2, 0.25) is 0 Å². The first-order valence-electron chi connectivity index (χ1n) is 28.1. The van der Waals surface area contributed by atoms with Crippen LogP contribution in [0, 0.1) is 0 Å². The first kappa shape index (κ1) is 60.3. The predicted molar refractivity (Wildman–Crippen MR) is 264 cm³/mol. The zero-order valence-corrected chi connectivity index (χ0v) is 42.4. The van der Waals surface area contributed by atoms with Crippen LogP contribution in [0.5, 0.6) is 0 Å². The van der Waals surface area contributed by atoms with Crippen molar-refractivity contribution in [1.82, 2.24) is 0 Å². The standard InChI is InChI=1S/C56H116N.ClH/c1-5-9-13-17-21-25-27-29-31-33-35-37-39-43-47-51-55-57(53-49-45-41-23-19-15-11-7-3,54-50-46-42-24-20-16-12-8-4)56-52-48-44-40-38-36-34-32-30-28-26-22-18-14-10-6-2;/h5-56H2,1-4H3;1H/q+1;/p-1. The van der Waals surface area contributed by atoms with Gasteiger partial charge in [-0.1, -0.05) is 285 Å². The van der Waals surface area contributed by atoms with E-state index in [4.69, 9.17) is 0 Å². The molecule has 352 valence electrons. The molecule has 0 amide bonds. The molecule has 0 fully saturated rings. The quantitative estimate of drug-likeness (QED) is 0.0423. The lowest BCUT2D eigenvalue weighted by Gasteiger charge is -2.40. The number of nitrogens with zero attached hydrogens (tertiary/aromatic N) is 1. The number of hydrogen-bond donors (Lipinski definition) is 0. The van der Waals surface area contributed by atoms with Gasteiger partial charge in [0.25, 0.3) is 0 Å². The third-order valence-electron chi connectivity index (χ3n) is 13.9. The fourth-order valence-corrected chi connectivity index (χ4v) is 9.82. The topological polar surface area (TPSA) is 0 Å². The van der Waals surface area contributed by atoms with E-state index in [0.717, 1.165) is 0 Å². The smallest absolute Gasteiger partial charge is 0.0786 e. The fourth-order valence-electron chi connectivity index (χ4n) is 9.82. The van der Waals surface area contributed by atoms with Gasteiger partial charge in [-0.3, -0.25) is 0 Å². The van der Waals surface area contributed by atoms with Gasteiger partial charge in [-0.25, -0.2) is 0 Å². The van der Waals surface area contributed by atoms with Crippen molar-refractivity contribution in [2.24, 2.45) is 0 Å². The van der Waals surface area contributed by atoms with Crippen molar-refractivity contribution in [3.63, 3.8) is 0 Å². The molecule has 0 unspecified atom stereocenters. The molecule has 0 aromatic carbocycles. The summed E-state index contributed by atoms with van der Waals surface area (Å²) in [4.78, 5) is 0. The van der Waals surface area contributed by atoms with Gasteiger partial charge in [0.05, 0.1) is 26.2 Å². The molecular weight excluding hydrogens is 722 g/mol. The molecular formula is C56H116ClN. The van der Waals surface area contributed by atoms with Crippen molar-refractivity contribution in [3.8, 4) is 0 Å². The molecule has 0 heterocycles. The highest BCUT2D eigenvalue weighted by molar-refractivity contribution is 4.57. The maximum Gasteiger partial charge on any atom is 0.0786 e. The molecule has 0 radical (unpaired) electrons. The second-order valence-corrected chi connectivity index (χ2v) is 19.8. The Labute approximate surface area is 377 Å². The van der Waals surface area contributed by atoms with Crippen molar-refractivity contribution < 1.29 is 16.9 Å². The van der Waals surface area contributed by atoms with E-state index in [1.54, 1.807) is 0 Å². The van der Waals surface area contributed by atoms with E-state index in [1.165, 1.54) is 339 Å². The molecule has 0 saturated heterocycles. The summed E-state index contributed by atoms with van der Waals surface area (Å²) < 4.78 is 1.49. The molecule has 0 aliphatic heterocycles. The summed E-state index contributed by atoms with van der Waals surface area (Å²) in [5.74, 6) is 0. The minimum atomic E-state index is 0. The number of halogens is 1. The number of rotatable bonds is 52. The highest BCUT2D eigenvalue weighted by atomic mass is 35.5. The maximum atomic E-state index is 2.35. The molecule has 0 bridgehead atoms. The van der Waals surface area contributed by atoms with Gasteiger partial charge >= 0.3 is 0 Å². The number of unbranched alkanes of at least 4 members (excludes halogenated alkanes) is 44. The monoisotopic (exact) mass is 838 g/mol. The lowest BCUT2D eigenvalue weighted by Crippen LogP contribution is -3.00. The third kappa shape index (κ3) is 47.3. The largest absolute Gasteiger partial charge is 1.00 e. The van der Waals surface area contributed by atoms with E-state index in [1.807, 2.05) is 0 Å². The molecule has 0 saturated carbocycles. The highest BCUT2D eigenvalue weighted by Crippen LogP contribution is 2.22. The molecule has 1 nitrogen and oxygen atoms in total. The second kappa shape index (κ2) is 53.4. The summed E-state index contributed by atoms with van der Waals surface area (Å²) in [5.41, 5.74) is 0. The minimum absolute atomic E-state index is 0. The van der Waals surface area contributed by atoms with Crippen molar-refractivity contribution in [3.05, 3.63) is 0 Å². The molecule has 0 aliphatic rings. The van der Waals surface area contributed by atoms with Gasteiger partial charge in [-0.15, -0.1) is 0 Å². The number of hydrogen-bond acceptors (Lipinski definition) is 0. The minimum Gasteiger partial charge on any atom is -1.00 e. The molecule has 0 atom stereocenters. The normalized spacial score (nSPS) is 11.8. The van der Waals surface area contributed by atoms with Gasteiger partial charge in [0, 0.05) is 0 Å². The zero-order valence-electron chi connectivity index (χ0n) is 41.6. The van der Waals surface area contributed by atoms with Crippen LogP contribution in [0.1, 0.15) is 336 Å². The zero-order chi connectivity index (χ0) is 41.3. The van der Waals surface area contributed by atoms with Gasteiger partial charge in [0.15, 0.2) is 0 Å². The average molecular weight is 839 g/mol. The van der Waals surface area contributed by atoms with E-state index in [-0.39, 0.29) is 12.4 Å². The Kier molecular flexibility index (Phi) is 55.5. The van der Waals surface area contributed by atoms with Crippen molar-refractivity contribution in [2.75, 3.05) is 26.2 Å². The maximum absolute atomic E-state index is 2.35. The Balaban J connectivity index is 0. The van der Waals surface area contributed by atoms with Crippen molar-refractivity contribution in [1.29, 1.82) is 0 Å². The Morgan fingerprint density at radius 3 is 0.379 bits per heavy atom. The molecule has 0 aliphatic carbocycles. The highest BCUT2D eigenvalue weighted by Gasteiger charge is 2.25. The van der Waals surface area contributed by atoms with Gasteiger partial charge < -0.3 is 16.9 Å². The van der Waals surface area contributed by atoms with Gasteiger partial charge in [0.1, 0.15) is 0 Å². The number of quaternary nitrogens is 1. The predicted octanol–water partition coefficient (Wildman–Crippen LogP) is 17.6. The molecule has 0 aromatic heterocycles. The molecule has 0 N–H and O–H groups in total. The van der Waals surface area contributed by atoms with Crippen LogP contribution >= 0.6 is 0 Å². The summed E-state index contributed by atoms with van der Waals surface area (Å²) in [7, 11) is 0. The van der Waals surface area contributed by atoms with Crippen molar-refractivity contribution in [2.45, 2.75) is 336 Å². The third-order valence-corrected chi connectivity index (χ3v) is 13.9. The Bertz CT molecular complexity index is 634. The Morgan fingerprint density at radius 1 is 0.155 bits per heavy atom. The van der Waals surface area contributed by atoms with Gasteiger partial charge in [-0.05, 0) is 51.4 Å². The van der Waals surface area contributed by atoms with E-state index in [9.17, 15) is 0 Å². The summed E-state index contributed by atoms with van der Waals surface area (Å²) >= 11 is 0. The molecule has 0 spiro atoms. The van der Waals surface area contributed by atoms with Crippen LogP contribution in [0.25, 0.3) is 0 Å².